The first-order valence-corrected chi connectivity index (χ1v) is 7.68. The molecule has 2 N–H and O–H groups in total. The predicted octanol–water partition coefficient (Wildman–Crippen LogP) is 1.76. The summed E-state index contributed by atoms with van der Waals surface area (Å²) < 4.78 is 0. The zero-order chi connectivity index (χ0) is 13.8. The Hall–Kier alpha value is -1.55. The van der Waals surface area contributed by atoms with Gasteiger partial charge in [0.15, 0.2) is 0 Å². The highest BCUT2D eigenvalue weighted by Crippen LogP contribution is 2.25. The number of carbonyl (C=O) groups excluding carboxylic acids is 1. The van der Waals surface area contributed by atoms with Crippen molar-refractivity contribution in [3.63, 3.8) is 0 Å². The van der Waals surface area contributed by atoms with Crippen molar-refractivity contribution < 1.29 is 4.79 Å². The van der Waals surface area contributed by atoms with Crippen LogP contribution in [0.5, 0.6) is 0 Å². The van der Waals surface area contributed by atoms with Crippen LogP contribution in [0.3, 0.4) is 0 Å². The molecule has 4 heteroatoms. The number of hydrogen-bond donors (Lipinski definition) is 2. The van der Waals surface area contributed by atoms with Crippen LogP contribution in [0.15, 0.2) is 18.2 Å². The molecule has 108 valence electrons. The van der Waals surface area contributed by atoms with E-state index in [4.69, 9.17) is 0 Å². The lowest BCUT2D eigenvalue weighted by atomic mass is 9.99. The molecule has 0 unspecified atom stereocenters. The highest BCUT2D eigenvalue weighted by atomic mass is 16.2. The fourth-order valence-corrected chi connectivity index (χ4v) is 3.11. The number of hydrogen-bond acceptors (Lipinski definition) is 3. The summed E-state index contributed by atoms with van der Waals surface area (Å²) in [4.78, 5) is 13.9. The monoisotopic (exact) mass is 273 g/mol. The molecule has 4 nitrogen and oxygen atoms in total. The Morgan fingerprint density at radius 1 is 1.25 bits per heavy atom. The van der Waals surface area contributed by atoms with Crippen LogP contribution < -0.4 is 10.6 Å². The molecule has 1 saturated heterocycles. The zero-order valence-corrected chi connectivity index (χ0v) is 12.0. The van der Waals surface area contributed by atoms with Gasteiger partial charge in [-0.05, 0) is 36.8 Å². The molecule has 1 aromatic rings. The Balaban J connectivity index is 1.54. The first-order valence-electron chi connectivity index (χ1n) is 7.68. The number of likely N-dealkylation sites (tertiary alicyclic amines) is 1. The lowest BCUT2D eigenvalue weighted by Gasteiger charge is -2.21. The quantitative estimate of drug-likeness (QED) is 0.878. The highest BCUT2D eigenvalue weighted by Gasteiger charge is 2.17. The van der Waals surface area contributed by atoms with Crippen molar-refractivity contribution in [1.82, 2.24) is 10.2 Å². The highest BCUT2D eigenvalue weighted by molar-refractivity contribution is 5.78. The normalized spacial score (nSPS) is 17.7. The molecule has 3 rings (SSSR count). The van der Waals surface area contributed by atoms with Crippen molar-refractivity contribution >= 4 is 11.6 Å². The van der Waals surface area contributed by atoms with Gasteiger partial charge in [0, 0.05) is 31.9 Å². The second-order valence-corrected chi connectivity index (χ2v) is 5.67. The third-order valence-electron chi connectivity index (χ3n) is 4.21. The fourth-order valence-electron chi connectivity index (χ4n) is 3.11. The molecule has 1 amide bonds. The van der Waals surface area contributed by atoms with Gasteiger partial charge in [0.2, 0.25) is 5.91 Å². The summed E-state index contributed by atoms with van der Waals surface area (Å²) in [5.41, 5.74) is 3.96. The lowest BCUT2D eigenvalue weighted by molar-refractivity contribution is -0.129. The third kappa shape index (κ3) is 2.96. The second-order valence-electron chi connectivity index (χ2n) is 5.67. The number of carbonyl (C=O) groups is 1. The van der Waals surface area contributed by atoms with Crippen LogP contribution in [0, 0.1) is 0 Å². The minimum atomic E-state index is 0.236. The number of fused-ring (bicyclic) bond motifs is 1. The van der Waals surface area contributed by atoms with Gasteiger partial charge in [-0.25, -0.2) is 0 Å². The molecule has 0 saturated carbocycles. The van der Waals surface area contributed by atoms with Crippen LogP contribution >= 0.6 is 0 Å². The number of anilines is 1. The standard InChI is InChI=1S/C16H23N3O/c20-15(19-9-1-2-10-19)12-17-11-14-6-3-5-13-7-4-8-18-16(13)14/h3,5-6,17-18H,1-2,4,7-12H2. The van der Waals surface area contributed by atoms with Crippen molar-refractivity contribution in [2.45, 2.75) is 32.2 Å². The van der Waals surface area contributed by atoms with E-state index in [9.17, 15) is 4.79 Å². The van der Waals surface area contributed by atoms with Crippen molar-refractivity contribution in [3.8, 4) is 0 Å². The van der Waals surface area contributed by atoms with Gasteiger partial charge >= 0.3 is 0 Å². The molecule has 0 atom stereocenters. The fraction of sp³-hybridized carbons (Fsp3) is 0.562. The Morgan fingerprint density at radius 3 is 2.95 bits per heavy atom. The maximum Gasteiger partial charge on any atom is 0.236 e. The summed E-state index contributed by atoms with van der Waals surface area (Å²) in [5.74, 6) is 0.236. The predicted molar refractivity (Wildman–Crippen MR) is 80.8 cm³/mol. The number of benzene rings is 1. The lowest BCUT2D eigenvalue weighted by Crippen LogP contribution is -2.36. The van der Waals surface area contributed by atoms with Gasteiger partial charge in [0.1, 0.15) is 0 Å². The molecule has 0 bridgehead atoms. The van der Waals surface area contributed by atoms with Gasteiger partial charge in [0.05, 0.1) is 6.54 Å². The smallest absolute Gasteiger partial charge is 0.236 e. The molecule has 20 heavy (non-hydrogen) atoms. The van der Waals surface area contributed by atoms with E-state index in [1.807, 2.05) is 4.90 Å². The Morgan fingerprint density at radius 2 is 2.10 bits per heavy atom. The van der Waals surface area contributed by atoms with E-state index in [2.05, 4.69) is 28.8 Å². The maximum atomic E-state index is 12.0. The summed E-state index contributed by atoms with van der Waals surface area (Å²) in [6.45, 7) is 4.13. The van der Waals surface area contributed by atoms with E-state index >= 15 is 0 Å². The number of nitrogens with one attached hydrogen (secondary N) is 2. The van der Waals surface area contributed by atoms with Crippen LogP contribution in [0.4, 0.5) is 5.69 Å². The first-order chi connectivity index (χ1) is 9.84. The molecule has 0 aliphatic carbocycles. The number of para-hydroxylation sites is 1. The summed E-state index contributed by atoms with van der Waals surface area (Å²) in [6, 6.07) is 6.45. The van der Waals surface area contributed by atoms with Crippen LogP contribution in [-0.2, 0) is 17.8 Å². The van der Waals surface area contributed by atoms with Crippen LogP contribution in [0.2, 0.25) is 0 Å². The third-order valence-corrected chi connectivity index (χ3v) is 4.21. The second kappa shape index (κ2) is 6.27. The van der Waals surface area contributed by atoms with Crippen molar-refractivity contribution in [3.05, 3.63) is 29.3 Å². The molecule has 0 aromatic heterocycles. The van der Waals surface area contributed by atoms with Gasteiger partial charge in [-0.3, -0.25) is 4.79 Å². The Labute approximate surface area is 120 Å². The molecule has 0 radical (unpaired) electrons. The van der Waals surface area contributed by atoms with Crippen molar-refractivity contribution in [1.29, 1.82) is 0 Å². The van der Waals surface area contributed by atoms with Crippen LogP contribution in [0.25, 0.3) is 0 Å². The molecule has 2 aliphatic rings. The van der Waals surface area contributed by atoms with Gasteiger partial charge < -0.3 is 15.5 Å². The summed E-state index contributed by atoms with van der Waals surface area (Å²) in [7, 11) is 0. The summed E-state index contributed by atoms with van der Waals surface area (Å²) in [6.07, 6.45) is 4.67. The molecule has 0 spiro atoms. The Bertz CT molecular complexity index is 481. The van der Waals surface area contributed by atoms with E-state index in [0.717, 1.165) is 45.4 Å². The van der Waals surface area contributed by atoms with E-state index in [1.54, 1.807) is 0 Å². The maximum absolute atomic E-state index is 12.0. The summed E-state index contributed by atoms with van der Waals surface area (Å²) >= 11 is 0. The van der Waals surface area contributed by atoms with E-state index in [1.165, 1.54) is 23.2 Å². The summed E-state index contributed by atoms with van der Waals surface area (Å²) in [5, 5.41) is 6.79. The van der Waals surface area contributed by atoms with Crippen molar-refractivity contribution in [2.24, 2.45) is 0 Å². The minimum absolute atomic E-state index is 0.236. The number of nitrogens with zero attached hydrogens (tertiary/aromatic N) is 1. The van der Waals surface area contributed by atoms with Gasteiger partial charge in [-0.1, -0.05) is 18.2 Å². The number of aryl methyl sites for hydroxylation is 1. The average Bonchev–Trinajstić information content (AvgIpc) is 3.02. The molecule has 2 heterocycles. The average molecular weight is 273 g/mol. The molecule has 1 fully saturated rings. The number of rotatable bonds is 4. The van der Waals surface area contributed by atoms with E-state index in [0.29, 0.717) is 6.54 Å². The SMILES string of the molecule is O=C(CNCc1cccc2c1NCCC2)N1CCCC1. The van der Waals surface area contributed by atoms with Gasteiger partial charge in [0.25, 0.3) is 0 Å². The van der Waals surface area contributed by atoms with E-state index in [-0.39, 0.29) is 5.91 Å². The van der Waals surface area contributed by atoms with E-state index < -0.39 is 0 Å². The van der Waals surface area contributed by atoms with Gasteiger partial charge in [-0.2, -0.15) is 0 Å². The topological polar surface area (TPSA) is 44.4 Å². The zero-order valence-electron chi connectivity index (χ0n) is 12.0. The molecular weight excluding hydrogens is 250 g/mol. The molecular formula is C16H23N3O. The number of amides is 1. The molecule has 2 aliphatic heterocycles. The largest absolute Gasteiger partial charge is 0.385 e. The molecule has 1 aromatic carbocycles. The van der Waals surface area contributed by atoms with Crippen LogP contribution in [-0.4, -0.2) is 37.0 Å². The first kappa shape index (κ1) is 13.4. The van der Waals surface area contributed by atoms with Gasteiger partial charge in [-0.15, -0.1) is 0 Å². The minimum Gasteiger partial charge on any atom is -0.385 e. The van der Waals surface area contributed by atoms with Crippen molar-refractivity contribution in [2.75, 3.05) is 31.5 Å². The van der Waals surface area contributed by atoms with Crippen LogP contribution in [0.1, 0.15) is 30.4 Å². The Kier molecular flexibility index (Phi) is 4.21.